The third-order valence-corrected chi connectivity index (χ3v) is 7.73. The summed E-state index contributed by atoms with van der Waals surface area (Å²) in [5.41, 5.74) is 1.12. The molecule has 9 heteroatoms. The van der Waals surface area contributed by atoms with Crippen LogP contribution in [0.5, 0.6) is 0 Å². The maximum Gasteiger partial charge on any atom is 0.263 e. The lowest BCUT2D eigenvalue weighted by Crippen LogP contribution is -2.33. The molecule has 7 nitrogen and oxygen atoms in total. The van der Waals surface area contributed by atoms with Crippen LogP contribution in [0.15, 0.2) is 32.8 Å². The van der Waals surface area contributed by atoms with Gasteiger partial charge in [0.05, 0.1) is 30.1 Å². The molecule has 1 atom stereocenters. The number of nitrogens with one attached hydrogen (secondary N) is 1. The standard InChI is InChI=1S/C21H23N3O4S2/c25-17(22-10-13-4-2-8-27-13)12-29-21-23-19-18(15-6-1-7-16(15)30-19)20(26)24(21)11-14-5-3-9-28-14/h3,5,9,13H,1-2,4,6-8,10-12H2,(H,22,25). The van der Waals surface area contributed by atoms with Gasteiger partial charge in [-0.3, -0.25) is 14.2 Å². The van der Waals surface area contributed by atoms with E-state index >= 15 is 0 Å². The molecule has 1 unspecified atom stereocenters. The molecule has 0 bridgehead atoms. The number of rotatable bonds is 7. The largest absolute Gasteiger partial charge is 0.467 e. The van der Waals surface area contributed by atoms with E-state index in [9.17, 15) is 9.59 Å². The summed E-state index contributed by atoms with van der Waals surface area (Å²) >= 11 is 2.91. The number of thiophene rings is 1. The molecule has 1 aliphatic heterocycles. The van der Waals surface area contributed by atoms with Crippen molar-refractivity contribution >= 4 is 39.2 Å². The maximum absolute atomic E-state index is 13.4. The van der Waals surface area contributed by atoms with Gasteiger partial charge in [0.25, 0.3) is 5.56 Å². The Morgan fingerprint density at radius 2 is 2.30 bits per heavy atom. The molecule has 30 heavy (non-hydrogen) atoms. The molecule has 0 saturated carbocycles. The molecule has 3 aromatic heterocycles. The number of amides is 1. The first kappa shape index (κ1) is 19.8. The van der Waals surface area contributed by atoms with Crippen LogP contribution in [0.4, 0.5) is 0 Å². The van der Waals surface area contributed by atoms with Crippen LogP contribution in [0.25, 0.3) is 10.2 Å². The quantitative estimate of drug-likeness (QED) is 0.445. The van der Waals surface area contributed by atoms with Crippen molar-refractivity contribution in [3.05, 3.63) is 45.0 Å². The topological polar surface area (TPSA) is 86.4 Å². The fourth-order valence-electron chi connectivity index (χ4n) is 4.08. The zero-order chi connectivity index (χ0) is 20.5. The molecule has 1 N–H and O–H groups in total. The van der Waals surface area contributed by atoms with Crippen molar-refractivity contribution in [1.82, 2.24) is 14.9 Å². The van der Waals surface area contributed by atoms with E-state index in [1.165, 1.54) is 16.6 Å². The van der Waals surface area contributed by atoms with Crippen molar-refractivity contribution in [2.24, 2.45) is 0 Å². The molecule has 1 aliphatic carbocycles. The predicted octanol–water partition coefficient (Wildman–Crippen LogP) is 2.98. The smallest absolute Gasteiger partial charge is 0.263 e. The van der Waals surface area contributed by atoms with Gasteiger partial charge in [-0.2, -0.15) is 0 Å². The second kappa shape index (κ2) is 8.56. The molecule has 3 aromatic rings. The zero-order valence-corrected chi connectivity index (χ0v) is 18.2. The molecular weight excluding hydrogens is 422 g/mol. The summed E-state index contributed by atoms with van der Waals surface area (Å²) in [6, 6.07) is 3.65. The lowest BCUT2D eigenvalue weighted by molar-refractivity contribution is -0.119. The van der Waals surface area contributed by atoms with Crippen molar-refractivity contribution in [2.45, 2.75) is 49.9 Å². The molecule has 1 amide bonds. The van der Waals surface area contributed by atoms with Gasteiger partial charge in [-0.25, -0.2) is 4.98 Å². The third-order valence-electron chi connectivity index (χ3n) is 5.57. The van der Waals surface area contributed by atoms with Crippen molar-refractivity contribution < 1.29 is 13.9 Å². The SMILES string of the molecule is O=C(CSc1nc2sc3c(c2c(=O)n1Cc1ccco1)CCC3)NCC1CCCO1. The Balaban J connectivity index is 1.39. The fourth-order valence-corrected chi connectivity index (χ4v) is 6.21. The van der Waals surface area contributed by atoms with Crippen LogP contribution >= 0.6 is 23.1 Å². The Morgan fingerprint density at radius 3 is 3.10 bits per heavy atom. The molecule has 0 aromatic carbocycles. The van der Waals surface area contributed by atoms with Gasteiger partial charge in [0, 0.05) is 18.0 Å². The van der Waals surface area contributed by atoms with Crippen LogP contribution in [-0.2, 0) is 28.9 Å². The average Bonchev–Trinajstić information content (AvgIpc) is 3.51. The highest BCUT2D eigenvalue weighted by Crippen LogP contribution is 2.35. The Bertz CT molecular complexity index is 1110. The van der Waals surface area contributed by atoms with E-state index in [-0.39, 0.29) is 23.3 Å². The summed E-state index contributed by atoms with van der Waals surface area (Å²) in [5, 5.41) is 4.22. The van der Waals surface area contributed by atoms with Gasteiger partial charge in [-0.15, -0.1) is 11.3 Å². The zero-order valence-electron chi connectivity index (χ0n) is 16.5. The predicted molar refractivity (Wildman–Crippen MR) is 116 cm³/mol. The second-order valence-electron chi connectivity index (χ2n) is 7.63. The van der Waals surface area contributed by atoms with Crippen LogP contribution in [-0.4, -0.2) is 40.5 Å². The highest BCUT2D eigenvalue weighted by atomic mass is 32.2. The maximum atomic E-state index is 13.4. The lowest BCUT2D eigenvalue weighted by atomic mass is 10.2. The van der Waals surface area contributed by atoms with E-state index in [4.69, 9.17) is 14.1 Å². The van der Waals surface area contributed by atoms with E-state index in [0.717, 1.165) is 54.5 Å². The van der Waals surface area contributed by atoms with Gasteiger partial charge < -0.3 is 14.5 Å². The van der Waals surface area contributed by atoms with E-state index in [2.05, 4.69) is 5.32 Å². The number of furan rings is 1. The molecular formula is C21H23N3O4S2. The minimum Gasteiger partial charge on any atom is -0.467 e. The monoisotopic (exact) mass is 445 g/mol. The highest BCUT2D eigenvalue weighted by molar-refractivity contribution is 7.99. The number of aromatic nitrogens is 2. The summed E-state index contributed by atoms with van der Waals surface area (Å²) in [4.78, 5) is 32.6. The summed E-state index contributed by atoms with van der Waals surface area (Å²) in [6.45, 7) is 1.60. The van der Waals surface area contributed by atoms with Gasteiger partial charge in [-0.05, 0) is 49.8 Å². The van der Waals surface area contributed by atoms with Crippen molar-refractivity contribution in [2.75, 3.05) is 18.9 Å². The van der Waals surface area contributed by atoms with Crippen LogP contribution < -0.4 is 10.9 Å². The fraction of sp³-hybridized carbons (Fsp3) is 0.476. The number of hydrogen-bond acceptors (Lipinski definition) is 7. The van der Waals surface area contributed by atoms with Gasteiger partial charge in [0.2, 0.25) is 5.91 Å². The Labute approximate surface area is 181 Å². The van der Waals surface area contributed by atoms with Crippen LogP contribution in [0.2, 0.25) is 0 Å². The van der Waals surface area contributed by atoms with Gasteiger partial charge >= 0.3 is 0 Å². The number of aryl methyl sites for hydroxylation is 2. The number of nitrogens with zero attached hydrogens (tertiary/aromatic N) is 2. The van der Waals surface area contributed by atoms with Gasteiger partial charge in [-0.1, -0.05) is 11.8 Å². The summed E-state index contributed by atoms with van der Waals surface area (Å²) in [7, 11) is 0. The van der Waals surface area contributed by atoms with Crippen molar-refractivity contribution in [3.63, 3.8) is 0 Å². The normalized spacial score (nSPS) is 18.2. The Morgan fingerprint density at radius 1 is 1.37 bits per heavy atom. The van der Waals surface area contributed by atoms with E-state index < -0.39 is 0 Å². The minimum absolute atomic E-state index is 0.0435. The van der Waals surface area contributed by atoms with Crippen molar-refractivity contribution in [3.8, 4) is 0 Å². The molecule has 4 heterocycles. The van der Waals surface area contributed by atoms with E-state index in [0.29, 0.717) is 24.0 Å². The first-order valence-electron chi connectivity index (χ1n) is 10.3. The molecule has 1 saturated heterocycles. The summed E-state index contributed by atoms with van der Waals surface area (Å²) in [5.74, 6) is 0.811. The van der Waals surface area contributed by atoms with Gasteiger partial charge in [0.1, 0.15) is 10.6 Å². The molecule has 0 radical (unpaired) electrons. The molecule has 1 fully saturated rings. The van der Waals surface area contributed by atoms with Gasteiger partial charge in [0.15, 0.2) is 5.16 Å². The van der Waals surface area contributed by atoms with Crippen LogP contribution in [0, 0.1) is 0 Å². The summed E-state index contributed by atoms with van der Waals surface area (Å²) < 4.78 is 12.7. The van der Waals surface area contributed by atoms with Crippen LogP contribution in [0.3, 0.4) is 0 Å². The molecule has 0 spiro atoms. The Hall–Kier alpha value is -2.10. The third kappa shape index (κ3) is 3.93. The van der Waals surface area contributed by atoms with Crippen LogP contribution in [0.1, 0.15) is 35.5 Å². The molecule has 2 aliphatic rings. The lowest BCUT2D eigenvalue weighted by Gasteiger charge is -2.13. The Kier molecular flexibility index (Phi) is 5.66. The number of carbonyl (C=O) groups excluding carboxylic acids is 1. The average molecular weight is 446 g/mol. The first-order valence-corrected chi connectivity index (χ1v) is 12.1. The second-order valence-corrected chi connectivity index (χ2v) is 9.66. The molecule has 158 valence electrons. The number of hydrogen-bond donors (Lipinski definition) is 1. The molecule has 5 rings (SSSR count). The van der Waals surface area contributed by atoms with Crippen molar-refractivity contribution in [1.29, 1.82) is 0 Å². The first-order chi connectivity index (χ1) is 14.7. The van der Waals surface area contributed by atoms with E-state index in [1.54, 1.807) is 28.2 Å². The highest BCUT2D eigenvalue weighted by Gasteiger charge is 2.24. The number of fused-ring (bicyclic) bond motifs is 3. The summed E-state index contributed by atoms with van der Waals surface area (Å²) in [6.07, 6.45) is 6.78. The minimum atomic E-state index is -0.0805. The van der Waals surface area contributed by atoms with E-state index in [1.807, 2.05) is 6.07 Å². The number of ether oxygens (including phenoxy) is 1. The number of carbonyl (C=O) groups is 1. The number of thioether (sulfide) groups is 1.